The molecule has 0 aromatic carbocycles. The van der Waals surface area contributed by atoms with E-state index in [0.29, 0.717) is 18.0 Å². The van der Waals surface area contributed by atoms with Gasteiger partial charge in [-0.25, -0.2) is 0 Å². The van der Waals surface area contributed by atoms with Crippen molar-refractivity contribution in [2.24, 2.45) is 5.41 Å². The Labute approximate surface area is 110 Å². The predicted molar refractivity (Wildman–Crippen MR) is 70.4 cm³/mol. The maximum absolute atomic E-state index is 11.7. The van der Waals surface area contributed by atoms with E-state index in [1.165, 1.54) is 0 Å². The molecule has 17 heavy (non-hydrogen) atoms. The predicted octanol–water partition coefficient (Wildman–Crippen LogP) is 2.91. The summed E-state index contributed by atoms with van der Waals surface area (Å²) in [4.78, 5) is 11.7. The second-order valence-corrected chi connectivity index (χ2v) is 5.76. The van der Waals surface area contributed by atoms with Crippen LogP contribution < -0.4 is 5.32 Å². The zero-order valence-electron chi connectivity index (χ0n) is 10.5. The lowest BCUT2D eigenvalue weighted by Crippen LogP contribution is -2.34. The van der Waals surface area contributed by atoms with E-state index in [-0.39, 0.29) is 11.3 Å². The van der Waals surface area contributed by atoms with Crippen molar-refractivity contribution < 1.29 is 9.32 Å². The standard InChI is InChI=1S/C12H19BrN2O2/c1-9-7-10(15-17-9)11(16)14-8-12(2,3)5-4-6-13/h7H,4-6,8H2,1-3H3,(H,14,16). The van der Waals surface area contributed by atoms with Gasteiger partial charge in [0.2, 0.25) is 0 Å². The van der Waals surface area contributed by atoms with Crippen molar-refractivity contribution in [2.75, 3.05) is 11.9 Å². The molecule has 0 aliphatic carbocycles. The molecule has 1 heterocycles. The molecule has 0 saturated heterocycles. The Balaban J connectivity index is 2.42. The highest BCUT2D eigenvalue weighted by atomic mass is 79.9. The molecule has 1 aromatic heterocycles. The lowest BCUT2D eigenvalue weighted by molar-refractivity contribution is 0.0925. The van der Waals surface area contributed by atoms with Gasteiger partial charge in [0, 0.05) is 17.9 Å². The van der Waals surface area contributed by atoms with Crippen molar-refractivity contribution in [3.8, 4) is 0 Å². The van der Waals surface area contributed by atoms with E-state index in [2.05, 4.69) is 40.3 Å². The molecular weight excluding hydrogens is 284 g/mol. The summed E-state index contributed by atoms with van der Waals surface area (Å²) in [6, 6.07) is 1.64. The molecule has 0 radical (unpaired) electrons. The number of nitrogens with zero attached hydrogens (tertiary/aromatic N) is 1. The van der Waals surface area contributed by atoms with Gasteiger partial charge in [-0.15, -0.1) is 0 Å². The Kier molecular flexibility index (Phi) is 5.18. The number of alkyl halides is 1. The molecule has 4 nitrogen and oxygen atoms in total. The average Bonchev–Trinajstić information content (AvgIpc) is 2.70. The summed E-state index contributed by atoms with van der Waals surface area (Å²) in [5, 5.41) is 7.56. The molecule has 0 aliphatic heterocycles. The van der Waals surface area contributed by atoms with Crippen LogP contribution in [0.1, 0.15) is 42.9 Å². The Morgan fingerprint density at radius 2 is 2.29 bits per heavy atom. The molecule has 0 aliphatic rings. The lowest BCUT2D eigenvalue weighted by atomic mass is 9.88. The number of aryl methyl sites for hydroxylation is 1. The number of halogens is 1. The van der Waals surface area contributed by atoms with E-state index in [9.17, 15) is 4.79 Å². The van der Waals surface area contributed by atoms with Crippen LogP contribution in [0.5, 0.6) is 0 Å². The quantitative estimate of drug-likeness (QED) is 0.822. The smallest absolute Gasteiger partial charge is 0.273 e. The maximum Gasteiger partial charge on any atom is 0.273 e. The van der Waals surface area contributed by atoms with Crippen LogP contribution in [0.3, 0.4) is 0 Å². The van der Waals surface area contributed by atoms with Gasteiger partial charge in [0.05, 0.1) is 0 Å². The van der Waals surface area contributed by atoms with Crippen molar-refractivity contribution in [3.05, 3.63) is 17.5 Å². The second kappa shape index (κ2) is 6.19. The number of rotatable bonds is 6. The minimum Gasteiger partial charge on any atom is -0.361 e. The van der Waals surface area contributed by atoms with E-state index < -0.39 is 0 Å². The van der Waals surface area contributed by atoms with Gasteiger partial charge in [0.25, 0.3) is 5.91 Å². The van der Waals surface area contributed by atoms with Crippen molar-refractivity contribution >= 4 is 21.8 Å². The molecule has 0 bridgehead atoms. The SMILES string of the molecule is Cc1cc(C(=O)NCC(C)(C)CCCBr)no1. The fourth-order valence-electron chi connectivity index (χ4n) is 1.52. The van der Waals surface area contributed by atoms with E-state index in [4.69, 9.17) is 4.52 Å². The highest BCUT2D eigenvalue weighted by Crippen LogP contribution is 2.21. The zero-order valence-corrected chi connectivity index (χ0v) is 12.1. The van der Waals surface area contributed by atoms with Gasteiger partial charge >= 0.3 is 0 Å². The third-order valence-electron chi connectivity index (χ3n) is 2.58. The number of carbonyl (C=O) groups excluding carboxylic acids is 1. The highest BCUT2D eigenvalue weighted by molar-refractivity contribution is 9.09. The molecule has 1 rings (SSSR count). The van der Waals surface area contributed by atoms with E-state index in [0.717, 1.165) is 18.2 Å². The summed E-state index contributed by atoms with van der Waals surface area (Å²) >= 11 is 3.41. The number of carbonyl (C=O) groups is 1. The van der Waals surface area contributed by atoms with Crippen LogP contribution in [-0.2, 0) is 0 Å². The first-order chi connectivity index (χ1) is 7.94. The molecule has 0 atom stereocenters. The van der Waals surface area contributed by atoms with Gasteiger partial charge in [0.1, 0.15) is 5.76 Å². The summed E-state index contributed by atoms with van der Waals surface area (Å²) in [6.07, 6.45) is 2.17. The van der Waals surface area contributed by atoms with Gasteiger partial charge in [0.15, 0.2) is 5.69 Å². The third-order valence-corrected chi connectivity index (χ3v) is 3.14. The molecule has 0 unspecified atom stereocenters. The minimum atomic E-state index is -0.172. The van der Waals surface area contributed by atoms with Crippen LogP contribution in [-0.4, -0.2) is 22.9 Å². The third kappa shape index (κ3) is 4.89. The molecule has 1 N–H and O–H groups in total. The minimum absolute atomic E-state index is 0.0994. The Hall–Kier alpha value is -0.840. The first kappa shape index (κ1) is 14.2. The molecule has 5 heteroatoms. The van der Waals surface area contributed by atoms with Crippen LogP contribution in [0.4, 0.5) is 0 Å². The first-order valence-electron chi connectivity index (χ1n) is 5.72. The maximum atomic E-state index is 11.7. The lowest BCUT2D eigenvalue weighted by Gasteiger charge is -2.24. The van der Waals surface area contributed by atoms with Crippen LogP contribution in [0.2, 0.25) is 0 Å². The molecule has 96 valence electrons. The molecule has 0 fully saturated rings. The largest absolute Gasteiger partial charge is 0.361 e. The fraction of sp³-hybridized carbons (Fsp3) is 0.667. The van der Waals surface area contributed by atoms with Gasteiger partial charge in [-0.05, 0) is 25.2 Å². The van der Waals surface area contributed by atoms with Gasteiger partial charge in [-0.1, -0.05) is 34.9 Å². The summed E-state index contributed by atoms with van der Waals surface area (Å²) in [6.45, 7) is 6.70. The topological polar surface area (TPSA) is 55.1 Å². The Bertz CT molecular complexity index is 374. The van der Waals surface area contributed by atoms with Crippen LogP contribution in [0.25, 0.3) is 0 Å². The molecule has 0 spiro atoms. The number of hydrogen-bond donors (Lipinski definition) is 1. The van der Waals surface area contributed by atoms with Crippen LogP contribution in [0, 0.1) is 12.3 Å². The fourth-order valence-corrected chi connectivity index (χ4v) is 1.80. The Morgan fingerprint density at radius 1 is 1.59 bits per heavy atom. The second-order valence-electron chi connectivity index (χ2n) is 4.96. The van der Waals surface area contributed by atoms with E-state index in [1.54, 1.807) is 13.0 Å². The normalized spacial score (nSPS) is 11.5. The van der Waals surface area contributed by atoms with Crippen LogP contribution >= 0.6 is 15.9 Å². The highest BCUT2D eigenvalue weighted by Gasteiger charge is 2.19. The monoisotopic (exact) mass is 302 g/mol. The van der Waals surface area contributed by atoms with E-state index >= 15 is 0 Å². The van der Waals surface area contributed by atoms with Crippen molar-refractivity contribution in [1.29, 1.82) is 0 Å². The summed E-state index contributed by atoms with van der Waals surface area (Å²) < 4.78 is 4.87. The first-order valence-corrected chi connectivity index (χ1v) is 6.84. The number of hydrogen-bond acceptors (Lipinski definition) is 3. The van der Waals surface area contributed by atoms with Gasteiger partial charge in [-0.3, -0.25) is 4.79 Å². The van der Waals surface area contributed by atoms with Gasteiger partial charge in [-0.2, -0.15) is 0 Å². The number of aromatic nitrogens is 1. The van der Waals surface area contributed by atoms with Gasteiger partial charge < -0.3 is 9.84 Å². The van der Waals surface area contributed by atoms with Crippen molar-refractivity contribution in [1.82, 2.24) is 10.5 Å². The summed E-state index contributed by atoms with van der Waals surface area (Å²) in [5.41, 5.74) is 0.446. The van der Waals surface area contributed by atoms with Crippen molar-refractivity contribution in [3.63, 3.8) is 0 Å². The molecular formula is C12H19BrN2O2. The number of amides is 1. The summed E-state index contributed by atoms with van der Waals surface area (Å²) in [7, 11) is 0. The number of nitrogens with one attached hydrogen (secondary N) is 1. The average molecular weight is 303 g/mol. The van der Waals surface area contributed by atoms with Crippen molar-refractivity contribution in [2.45, 2.75) is 33.6 Å². The van der Waals surface area contributed by atoms with E-state index in [1.807, 2.05) is 0 Å². The molecule has 1 aromatic rings. The van der Waals surface area contributed by atoms with Crippen LogP contribution in [0.15, 0.2) is 10.6 Å². The molecule has 1 amide bonds. The Morgan fingerprint density at radius 3 is 2.82 bits per heavy atom. The zero-order chi connectivity index (χ0) is 12.9. The summed E-state index contributed by atoms with van der Waals surface area (Å²) in [5.74, 6) is 0.475. The molecule has 0 saturated carbocycles.